The van der Waals surface area contributed by atoms with Gasteiger partial charge < -0.3 is 15.0 Å². The van der Waals surface area contributed by atoms with Gasteiger partial charge in [0.1, 0.15) is 5.75 Å². The number of aryl methyl sites for hydroxylation is 1. The molecule has 25 heavy (non-hydrogen) atoms. The van der Waals surface area contributed by atoms with Crippen molar-refractivity contribution >= 4 is 17.5 Å². The fourth-order valence-corrected chi connectivity index (χ4v) is 3.39. The maximum absolute atomic E-state index is 12.9. The molecule has 1 aromatic heterocycles. The third-order valence-corrected chi connectivity index (χ3v) is 4.65. The summed E-state index contributed by atoms with van der Waals surface area (Å²) in [6.45, 7) is 3.39. The van der Waals surface area contributed by atoms with E-state index in [1.807, 2.05) is 28.9 Å². The first-order chi connectivity index (χ1) is 12.1. The van der Waals surface area contributed by atoms with Crippen LogP contribution < -0.4 is 10.1 Å². The van der Waals surface area contributed by atoms with Gasteiger partial charge in [0.15, 0.2) is 6.61 Å². The molecule has 1 N–H and O–H groups in total. The molecule has 3 heterocycles. The molecule has 7 heteroatoms. The van der Waals surface area contributed by atoms with Crippen LogP contribution in [0.2, 0.25) is 0 Å². The fourth-order valence-electron chi connectivity index (χ4n) is 3.39. The number of carbonyl (C=O) groups excluding carboxylic acids is 2. The number of ether oxygens (including phenoxy) is 1. The highest BCUT2D eigenvalue weighted by atomic mass is 16.5. The summed E-state index contributed by atoms with van der Waals surface area (Å²) in [4.78, 5) is 26.2. The molecule has 1 aromatic carbocycles. The summed E-state index contributed by atoms with van der Waals surface area (Å²) in [5, 5.41) is 7.13. The number of amides is 2. The normalized spacial score (nSPS) is 19.8. The Morgan fingerprint density at radius 2 is 2.28 bits per heavy atom. The second-order valence-corrected chi connectivity index (χ2v) is 6.59. The molecular formula is C18H20N4O3. The molecule has 4 rings (SSSR count). The number of nitrogens with one attached hydrogen (secondary N) is 1. The number of hydrogen-bond donors (Lipinski definition) is 1. The number of nitrogens with zero attached hydrogens (tertiary/aromatic N) is 3. The molecule has 0 spiro atoms. The van der Waals surface area contributed by atoms with E-state index in [-0.39, 0.29) is 24.5 Å². The van der Waals surface area contributed by atoms with Gasteiger partial charge in [-0.3, -0.25) is 14.3 Å². The van der Waals surface area contributed by atoms with E-state index in [2.05, 4.69) is 10.4 Å². The van der Waals surface area contributed by atoms with Gasteiger partial charge in [0, 0.05) is 24.8 Å². The second kappa shape index (κ2) is 6.23. The maximum Gasteiger partial charge on any atom is 0.262 e. The number of carbonyl (C=O) groups is 2. The largest absolute Gasteiger partial charge is 0.482 e. The topological polar surface area (TPSA) is 76.5 Å². The molecule has 1 fully saturated rings. The van der Waals surface area contributed by atoms with E-state index >= 15 is 0 Å². The smallest absolute Gasteiger partial charge is 0.262 e. The van der Waals surface area contributed by atoms with E-state index < -0.39 is 0 Å². The highest BCUT2D eigenvalue weighted by molar-refractivity contribution is 5.99. The van der Waals surface area contributed by atoms with Crippen LogP contribution in [0, 0.1) is 6.92 Å². The Hall–Kier alpha value is -2.83. The first-order valence-electron chi connectivity index (χ1n) is 8.47. The summed E-state index contributed by atoms with van der Waals surface area (Å²) >= 11 is 0. The molecule has 0 saturated carbocycles. The van der Waals surface area contributed by atoms with E-state index in [0.29, 0.717) is 23.5 Å². The zero-order chi connectivity index (χ0) is 17.4. The van der Waals surface area contributed by atoms with Crippen LogP contribution in [0.5, 0.6) is 5.75 Å². The highest BCUT2D eigenvalue weighted by Crippen LogP contribution is 2.30. The minimum absolute atomic E-state index is 0.0113. The average Bonchev–Trinajstić information content (AvgIpc) is 3.07. The summed E-state index contributed by atoms with van der Waals surface area (Å²) in [6.07, 6.45) is 5.82. The minimum atomic E-state index is -0.204. The molecule has 2 aliphatic heterocycles. The van der Waals surface area contributed by atoms with Gasteiger partial charge in [-0.15, -0.1) is 0 Å². The summed E-state index contributed by atoms with van der Waals surface area (Å²) in [5.74, 6) is 0.361. The Bertz CT molecular complexity index is 829. The molecule has 0 bridgehead atoms. The Morgan fingerprint density at radius 1 is 1.40 bits per heavy atom. The van der Waals surface area contributed by atoms with E-state index in [1.165, 1.54) is 0 Å². The van der Waals surface area contributed by atoms with Crippen LogP contribution in [0.3, 0.4) is 0 Å². The number of rotatable bonds is 2. The van der Waals surface area contributed by atoms with Gasteiger partial charge in [-0.1, -0.05) is 0 Å². The van der Waals surface area contributed by atoms with Crippen LogP contribution in [0.15, 0.2) is 30.6 Å². The fraction of sp³-hybridized carbons (Fsp3) is 0.389. The van der Waals surface area contributed by atoms with Crippen LogP contribution in [-0.4, -0.2) is 46.2 Å². The molecule has 1 atom stereocenters. The molecule has 2 aromatic rings. The van der Waals surface area contributed by atoms with Gasteiger partial charge in [0.25, 0.3) is 11.8 Å². The monoisotopic (exact) mass is 340 g/mol. The van der Waals surface area contributed by atoms with E-state index in [4.69, 9.17) is 4.74 Å². The van der Waals surface area contributed by atoms with Crippen molar-refractivity contribution in [2.45, 2.75) is 25.8 Å². The number of benzene rings is 1. The van der Waals surface area contributed by atoms with Crippen molar-refractivity contribution in [3.05, 3.63) is 41.7 Å². The molecule has 0 aliphatic carbocycles. The van der Waals surface area contributed by atoms with Gasteiger partial charge in [0.05, 0.1) is 17.9 Å². The minimum Gasteiger partial charge on any atom is -0.482 e. The molecule has 2 aliphatic rings. The first kappa shape index (κ1) is 15.7. The Kier molecular flexibility index (Phi) is 3.91. The van der Waals surface area contributed by atoms with Crippen LogP contribution in [0.4, 0.5) is 5.69 Å². The standard InChI is InChI=1S/C18H20N4O3/c1-12-8-19-22(9-12)14-3-2-6-21(10-14)18(24)13-4-5-16-15(7-13)20-17(23)11-25-16/h4-5,7-9,14H,2-3,6,10-11H2,1H3,(H,20,23). The molecule has 1 unspecified atom stereocenters. The Balaban J connectivity index is 1.52. The van der Waals surface area contributed by atoms with Crippen molar-refractivity contribution in [2.24, 2.45) is 0 Å². The lowest BCUT2D eigenvalue weighted by atomic mass is 10.0. The van der Waals surface area contributed by atoms with Gasteiger partial charge in [-0.25, -0.2) is 0 Å². The van der Waals surface area contributed by atoms with Gasteiger partial charge in [0.2, 0.25) is 0 Å². The average molecular weight is 340 g/mol. The van der Waals surface area contributed by atoms with Gasteiger partial charge in [-0.05, 0) is 43.5 Å². The summed E-state index contributed by atoms with van der Waals surface area (Å²) < 4.78 is 7.30. The second-order valence-electron chi connectivity index (χ2n) is 6.59. The zero-order valence-electron chi connectivity index (χ0n) is 14.1. The molecule has 1 saturated heterocycles. The number of piperidine rings is 1. The SMILES string of the molecule is Cc1cnn(C2CCCN(C(=O)c3ccc4c(c3)NC(=O)CO4)C2)c1. The molecule has 0 radical (unpaired) electrons. The van der Waals surface area contributed by atoms with Crippen molar-refractivity contribution in [3.8, 4) is 5.75 Å². The van der Waals surface area contributed by atoms with E-state index in [0.717, 1.165) is 24.9 Å². The molecule has 2 amide bonds. The predicted octanol–water partition coefficient (Wildman–Crippen LogP) is 2.00. The van der Waals surface area contributed by atoms with Crippen LogP contribution in [0.25, 0.3) is 0 Å². The van der Waals surface area contributed by atoms with Gasteiger partial charge >= 0.3 is 0 Å². The lowest BCUT2D eigenvalue weighted by Gasteiger charge is -2.33. The van der Waals surface area contributed by atoms with Crippen molar-refractivity contribution in [2.75, 3.05) is 25.0 Å². The summed E-state index contributed by atoms with van der Waals surface area (Å²) in [7, 11) is 0. The molecular weight excluding hydrogens is 320 g/mol. The number of hydrogen-bond acceptors (Lipinski definition) is 4. The number of anilines is 1. The maximum atomic E-state index is 12.9. The lowest BCUT2D eigenvalue weighted by Crippen LogP contribution is -2.41. The van der Waals surface area contributed by atoms with Crippen molar-refractivity contribution in [1.29, 1.82) is 0 Å². The third kappa shape index (κ3) is 3.09. The van der Waals surface area contributed by atoms with Gasteiger partial charge in [-0.2, -0.15) is 5.10 Å². The summed E-state index contributed by atoms with van der Waals surface area (Å²) in [5.41, 5.74) is 2.23. The van der Waals surface area contributed by atoms with Crippen LogP contribution >= 0.6 is 0 Å². The first-order valence-corrected chi connectivity index (χ1v) is 8.47. The van der Waals surface area contributed by atoms with Crippen LogP contribution in [-0.2, 0) is 4.79 Å². The van der Waals surface area contributed by atoms with Crippen molar-refractivity contribution in [1.82, 2.24) is 14.7 Å². The van der Waals surface area contributed by atoms with E-state index in [9.17, 15) is 9.59 Å². The quantitative estimate of drug-likeness (QED) is 0.907. The van der Waals surface area contributed by atoms with E-state index in [1.54, 1.807) is 18.2 Å². The lowest BCUT2D eigenvalue weighted by molar-refractivity contribution is -0.118. The molecule has 7 nitrogen and oxygen atoms in total. The number of fused-ring (bicyclic) bond motifs is 1. The third-order valence-electron chi connectivity index (χ3n) is 4.65. The highest BCUT2D eigenvalue weighted by Gasteiger charge is 2.27. The zero-order valence-corrected chi connectivity index (χ0v) is 14.1. The van der Waals surface area contributed by atoms with Crippen molar-refractivity contribution < 1.29 is 14.3 Å². The predicted molar refractivity (Wildman–Crippen MR) is 91.7 cm³/mol. The molecule has 130 valence electrons. The summed E-state index contributed by atoms with van der Waals surface area (Å²) in [6, 6.07) is 5.38. The number of likely N-dealkylation sites (tertiary alicyclic amines) is 1. The Morgan fingerprint density at radius 3 is 3.08 bits per heavy atom. The Labute approximate surface area is 145 Å². The van der Waals surface area contributed by atoms with Crippen molar-refractivity contribution in [3.63, 3.8) is 0 Å². The number of aromatic nitrogens is 2. The van der Waals surface area contributed by atoms with Crippen LogP contribution in [0.1, 0.15) is 34.8 Å².